The number of amides is 1. The molecule has 0 radical (unpaired) electrons. The van der Waals surface area contributed by atoms with Gasteiger partial charge in [0.1, 0.15) is 0 Å². The maximum Gasteiger partial charge on any atom is 0.224 e. The Hall–Kier alpha value is -1.73. The van der Waals surface area contributed by atoms with Crippen molar-refractivity contribution in [2.45, 2.75) is 44.7 Å². The molecule has 2 bridgehead atoms. The van der Waals surface area contributed by atoms with E-state index in [1.807, 2.05) is 24.0 Å². The van der Waals surface area contributed by atoms with Gasteiger partial charge < -0.3 is 10.1 Å². The van der Waals surface area contributed by atoms with Crippen LogP contribution in [0.25, 0.3) is 0 Å². The highest BCUT2D eigenvalue weighted by Gasteiger charge is 2.63. The predicted octanol–water partition coefficient (Wildman–Crippen LogP) is 2.28. The predicted molar refractivity (Wildman–Crippen MR) is 95.3 cm³/mol. The smallest absolute Gasteiger partial charge is 0.224 e. The Morgan fingerprint density at radius 3 is 3.16 bits per heavy atom. The number of nitrogens with one attached hydrogen (secondary N) is 1. The highest BCUT2D eigenvalue weighted by molar-refractivity contribution is 7.11. The first kappa shape index (κ1) is 16.7. The summed E-state index contributed by atoms with van der Waals surface area (Å²) in [6, 6.07) is 2.09. The minimum atomic E-state index is -0.0391. The zero-order valence-corrected chi connectivity index (χ0v) is 15.5. The van der Waals surface area contributed by atoms with Gasteiger partial charge in [-0.05, 0) is 38.2 Å². The Labute approximate surface area is 151 Å². The summed E-state index contributed by atoms with van der Waals surface area (Å²) < 4.78 is 7.22. The quantitative estimate of drug-likeness (QED) is 0.822. The molecule has 134 valence electrons. The van der Waals surface area contributed by atoms with Crippen LogP contribution in [0.15, 0.2) is 18.5 Å². The zero-order chi connectivity index (χ0) is 17.4. The molecule has 2 aromatic heterocycles. The van der Waals surface area contributed by atoms with E-state index in [2.05, 4.69) is 21.5 Å². The molecule has 3 aliphatic carbocycles. The summed E-state index contributed by atoms with van der Waals surface area (Å²) in [5.41, 5.74) is 1.16. The topological polar surface area (TPSA) is 69.0 Å². The Morgan fingerprint density at radius 1 is 1.56 bits per heavy atom. The van der Waals surface area contributed by atoms with Crippen LogP contribution < -0.4 is 5.32 Å². The van der Waals surface area contributed by atoms with Gasteiger partial charge in [0.15, 0.2) is 0 Å². The van der Waals surface area contributed by atoms with Crippen molar-refractivity contribution < 1.29 is 9.53 Å². The zero-order valence-electron chi connectivity index (χ0n) is 14.7. The molecule has 6 nitrogen and oxygen atoms in total. The number of hydrogen-bond acceptors (Lipinski definition) is 5. The molecule has 7 heteroatoms. The van der Waals surface area contributed by atoms with Crippen molar-refractivity contribution in [2.24, 2.45) is 11.8 Å². The van der Waals surface area contributed by atoms with Crippen LogP contribution in [0.1, 0.15) is 34.8 Å². The number of ether oxygens (including phenoxy) is 1. The van der Waals surface area contributed by atoms with Crippen LogP contribution in [0, 0.1) is 18.8 Å². The van der Waals surface area contributed by atoms with Crippen LogP contribution in [0.5, 0.6) is 0 Å². The van der Waals surface area contributed by atoms with E-state index >= 15 is 0 Å². The van der Waals surface area contributed by atoms with Crippen LogP contribution in [0.3, 0.4) is 0 Å². The van der Waals surface area contributed by atoms with Crippen molar-refractivity contribution in [3.05, 3.63) is 34.0 Å². The monoisotopic (exact) mass is 360 g/mol. The first-order valence-corrected chi connectivity index (χ1v) is 9.66. The van der Waals surface area contributed by atoms with Crippen LogP contribution in [0.4, 0.5) is 0 Å². The van der Waals surface area contributed by atoms with Gasteiger partial charge in [-0.25, -0.2) is 4.98 Å². The van der Waals surface area contributed by atoms with E-state index in [0.717, 1.165) is 35.7 Å². The van der Waals surface area contributed by atoms with E-state index < -0.39 is 0 Å². The van der Waals surface area contributed by atoms with E-state index in [9.17, 15) is 4.79 Å². The summed E-state index contributed by atoms with van der Waals surface area (Å²) in [5.74, 6) is 0.757. The fourth-order valence-corrected chi connectivity index (χ4v) is 5.45. The van der Waals surface area contributed by atoms with Crippen molar-refractivity contribution in [2.75, 3.05) is 13.7 Å². The molecular weight excluding hydrogens is 336 g/mol. The number of hydrogen-bond donors (Lipinski definition) is 1. The molecule has 3 aliphatic rings. The molecule has 3 saturated carbocycles. The van der Waals surface area contributed by atoms with E-state index in [4.69, 9.17) is 4.74 Å². The number of fused-ring (bicyclic) bond motifs is 1. The van der Waals surface area contributed by atoms with Gasteiger partial charge in [0.05, 0.1) is 30.6 Å². The largest absolute Gasteiger partial charge is 0.383 e. The van der Waals surface area contributed by atoms with Gasteiger partial charge in [-0.1, -0.05) is 0 Å². The average molecular weight is 360 g/mol. The summed E-state index contributed by atoms with van der Waals surface area (Å²) in [6.45, 7) is 3.93. The third-order valence-corrected chi connectivity index (χ3v) is 6.69. The second kappa shape index (κ2) is 6.53. The third-order valence-electron chi connectivity index (χ3n) is 5.78. The highest BCUT2D eigenvalue weighted by Crippen LogP contribution is 2.63. The van der Waals surface area contributed by atoms with Crippen LogP contribution in [-0.4, -0.2) is 34.4 Å². The Kier molecular flexibility index (Phi) is 4.37. The second-order valence-corrected chi connectivity index (χ2v) is 8.45. The molecule has 25 heavy (non-hydrogen) atoms. The molecule has 3 fully saturated rings. The highest BCUT2D eigenvalue weighted by atomic mass is 32.1. The standard InChI is InChI=1S/C18H24N4O2S/c1-12-19-10-14(25-12)11-20-17(23)16-13-3-5-18(16,9-13)15-4-6-21-22(15)7-8-24-2/h4,6,10,13,16H,3,5,7-9,11H2,1-2H3,(H,20,23). The Morgan fingerprint density at radius 2 is 2.44 bits per heavy atom. The molecule has 1 N–H and O–H groups in total. The van der Waals surface area contributed by atoms with Gasteiger partial charge >= 0.3 is 0 Å². The SMILES string of the molecule is COCCn1nccc1C12CCC(C1)C2C(=O)NCc1cnc(C)s1. The Bertz CT molecular complexity index is 767. The number of rotatable bonds is 7. The van der Waals surface area contributed by atoms with E-state index in [0.29, 0.717) is 19.1 Å². The lowest BCUT2D eigenvalue weighted by Gasteiger charge is -2.46. The lowest BCUT2D eigenvalue weighted by atomic mass is 9.58. The lowest BCUT2D eigenvalue weighted by molar-refractivity contribution is -0.133. The van der Waals surface area contributed by atoms with Gasteiger partial charge in [-0.15, -0.1) is 11.3 Å². The molecule has 2 heterocycles. The van der Waals surface area contributed by atoms with Crippen LogP contribution in [0.2, 0.25) is 0 Å². The molecule has 2 aromatic rings. The third kappa shape index (κ3) is 2.79. The first-order valence-electron chi connectivity index (χ1n) is 8.84. The summed E-state index contributed by atoms with van der Waals surface area (Å²) in [7, 11) is 1.70. The van der Waals surface area contributed by atoms with Crippen molar-refractivity contribution in [3.8, 4) is 0 Å². The van der Waals surface area contributed by atoms with Crippen molar-refractivity contribution in [1.82, 2.24) is 20.1 Å². The van der Waals surface area contributed by atoms with E-state index in [1.54, 1.807) is 18.4 Å². The number of methoxy groups -OCH3 is 1. The molecule has 0 saturated heterocycles. The minimum Gasteiger partial charge on any atom is -0.383 e. The summed E-state index contributed by atoms with van der Waals surface area (Å²) in [4.78, 5) is 18.3. The second-order valence-electron chi connectivity index (χ2n) is 7.13. The summed E-state index contributed by atoms with van der Waals surface area (Å²) in [6.07, 6.45) is 7.01. The lowest BCUT2D eigenvalue weighted by Crippen LogP contribution is -2.53. The maximum absolute atomic E-state index is 12.9. The number of aromatic nitrogens is 3. The molecule has 0 aliphatic heterocycles. The average Bonchev–Trinajstić information content (AvgIpc) is 3.33. The van der Waals surface area contributed by atoms with E-state index in [-0.39, 0.29) is 17.2 Å². The number of nitrogens with zero attached hydrogens (tertiary/aromatic N) is 3. The van der Waals surface area contributed by atoms with Crippen molar-refractivity contribution >= 4 is 17.2 Å². The van der Waals surface area contributed by atoms with Crippen molar-refractivity contribution in [1.29, 1.82) is 0 Å². The number of carbonyl (C=O) groups is 1. The fraction of sp³-hybridized carbons (Fsp3) is 0.611. The maximum atomic E-state index is 12.9. The Balaban J connectivity index is 1.49. The van der Waals surface area contributed by atoms with Gasteiger partial charge in [0.2, 0.25) is 5.91 Å². The van der Waals surface area contributed by atoms with Gasteiger partial charge in [-0.2, -0.15) is 5.10 Å². The molecule has 3 atom stereocenters. The minimum absolute atomic E-state index is 0.0391. The molecule has 0 aromatic carbocycles. The number of thiazole rings is 1. The fourth-order valence-electron chi connectivity index (χ4n) is 4.71. The molecule has 1 amide bonds. The van der Waals surface area contributed by atoms with Crippen LogP contribution in [-0.2, 0) is 28.0 Å². The summed E-state index contributed by atoms with van der Waals surface area (Å²) in [5, 5.41) is 8.63. The van der Waals surface area contributed by atoms with Crippen molar-refractivity contribution in [3.63, 3.8) is 0 Å². The van der Waals surface area contributed by atoms with Gasteiger partial charge in [0, 0.05) is 35.5 Å². The summed E-state index contributed by atoms with van der Waals surface area (Å²) >= 11 is 1.64. The first-order chi connectivity index (χ1) is 12.1. The molecule has 5 rings (SSSR count). The molecule has 3 unspecified atom stereocenters. The van der Waals surface area contributed by atoms with Gasteiger partial charge in [-0.3, -0.25) is 9.48 Å². The normalized spacial score (nSPS) is 27.3. The van der Waals surface area contributed by atoms with Gasteiger partial charge in [0.25, 0.3) is 0 Å². The molecule has 0 spiro atoms. The molecular formula is C18H24N4O2S. The number of carbonyl (C=O) groups excluding carboxylic acids is 1. The van der Waals surface area contributed by atoms with Crippen LogP contribution >= 0.6 is 11.3 Å². The number of aryl methyl sites for hydroxylation is 1. The van der Waals surface area contributed by atoms with E-state index in [1.165, 1.54) is 5.69 Å².